The normalized spacial score (nSPS) is 10.0. The van der Waals surface area contributed by atoms with E-state index in [2.05, 4.69) is 22.1 Å². The van der Waals surface area contributed by atoms with E-state index in [0.29, 0.717) is 12.4 Å². The summed E-state index contributed by atoms with van der Waals surface area (Å²) in [4.78, 5) is 4.18. The third-order valence-corrected chi connectivity index (χ3v) is 1.34. The quantitative estimate of drug-likeness (QED) is 0.675. The van der Waals surface area contributed by atoms with Crippen molar-refractivity contribution < 1.29 is 0 Å². The lowest BCUT2D eigenvalue weighted by Crippen LogP contribution is -2.06. The molecular weight excluding hydrogens is 140 g/mol. The third-order valence-electron chi connectivity index (χ3n) is 1.34. The average molecular weight is 152 g/mol. The van der Waals surface area contributed by atoms with E-state index in [4.69, 9.17) is 5.73 Å². The zero-order chi connectivity index (χ0) is 8.10. The summed E-state index contributed by atoms with van der Waals surface area (Å²) < 4.78 is 0. The van der Waals surface area contributed by atoms with Crippen LogP contribution in [0.3, 0.4) is 0 Å². The predicted octanol–water partition coefficient (Wildman–Crippen LogP) is 0.283. The van der Waals surface area contributed by atoms with Crippen LogP contribution in [-0.4, -0.2) is 15.2 Å². The number of rotatable bonds is 3. The molecule has 0 spiro atoms. The van der Waals surface area contributed by atoms with E-state index in [1.54, 1.807) is 6.20 Å². The Hall–Kier alpha value is -1.03. The summed E-state index contributed by atoms with van der Waals surface area (Å²) in [6.45, 7) is 2.47. The first-order chi connectivity index (χ1) is 5.36. The molecule has 0 amide bonds. The van der Waals surface area contributed by atoms with Gasteiger partial charge in [-0.1, -0.05) is 13.3 Å². The minimum absolute atomic E-state index is 0.366. The highest BCUT2D eigenvalue weighted by Crippen LogP contribution is 1.95. The van der Waals surface area contributed by atoms with Crippen molar-refractivity contribution in [2.24, 2.45) is 5.73 Å². The van der Waals surface area contributed by atoms with Crippen LogP contribution in [0.5, 0.6) is 0 Å². The van der Waals surface area contributed by atoms with Gasteiger partial charge in [0.15, 0.2) is 5.82 Å². The van der Waals surface area contributed by atoms with Crippen LogP contribution in [0.15, 0.2) is 6.20 Å². The summed E-state index contributed by atoms with van der Waals surface area (Å²) in [6, 6.07) is 0. The number of hydrogen-bond acceptors (Lipinski definition) is 4. The van der Waals surface area contributed by atoms with Crippen LogP contribution in [-0.2, 0) is 13.0 Å². The monoisotopic (exact) mass is 152 g/mol. The van der Waals surface area contributed by atoms with Gasteiger partial charge >= 0.3 is 0 Å². The number of nitrogens with two attached hydrogens (primary N) is 1. The Labute approximate surface area is 65.9 Å². The molecule has 1 heterocycles. The van der Waals surface area contributed by atoms with Gasteiger partial charge in [0.25, 0.3) is 0 Å². The number of nitrogens with zero attached hydrogens (tertiary/aromatic N) is 3. The molecule has 0 aromatic carbocycles. The Morgan fingerprint density at radius 3 is 3.00 bits per heavy atom. The van der Waals surface area contributed by atoms with Gasteiger partial charge in [0.2, 0.25) is 0 Å². The van der Waals surface area contributed by atoms with Crippen LogP contribution in [0.1, 0.15) is 24.9 Å². The Kier molecular flexibility index (Phi) is 2.92. The molecule has 2 N–H and O–H groups in total. The molecule has 11 heavy (non-hydrogen) atoms. The fourth-order valence-corrected chi connectivity index (χ4v) is 0.842. The van der Waals surface area contributed by atoms with Crippen molar-refractivity contribution in [1.29, 1.82) is 0 Å². The molecule has 0 atom stereocenters. The molecule has 1 aromatic rings. The minimum atomic E-state index is 0.366. The second-order valence-electron chi connectivity index (χ2n) is 2.32. The Morgan fingerprint density at radius 1 is 1.55 bits per heavy atom. The second-order valence-corrected chi connectivity index (χ2v) is 2.32. The van der Waals surface area contributed by atoms with Crippen molar-refractivity contribution in [2.75, 3.05) is 0 Å². The second kappa shape index (κ2) is 3.98. The topological polar surface area (TPSA) is 64.7 Å². The van der Waals surface area contributed by atoms with Gasteiger partial charge in [-0.15, -0.1) is 5.10 Å². The van der Waals surface area contributed by atoms with Crippen molar-refractivity contribution in [2.45, 2.75) is 26.3 Å². The first kappa shape index (κ1) is 8.07. The van der Waals surface area contributed by atoms with Gasteiger partial charge in [-0.05, 0) is 6.42 Å². The number of hydrogen-bond donors (Lipinski definition) is 1. The summed E-state index contributed by atoms with van der Waals surface area (Å²) in [5.41, 5.74) is 6.32. The SMILES string of the molecule is CCCc1cnnc(CN)n1. The number of aryl methyl sites for hydroxylation is 1. The molecule has 0 unspecified atom stereocenters. The summed E-state index contributed by atoms with van der Waals surface area (Å²) in [7, 11) is 0. The molecule has 1 rings (SSSR count). The van der Waals surface area contributed by atoms with Gasteiger partial charge in [-0.3, -0.25) is 0 Å². The van der Waals surface area contributed by atoms with Gasteiger partial charge in [0, 0.05) is 0 Å². The molecule has 0 radical (unpaired) electrons. The molecule has 0 bridgehead atoms. The summed E-state index contributed by atoms with van der Waals surface area (Å²) in [6.07, 6.45) is 3.70. The van der Waals surface area contributed by atoms with Gasteiger partial charge in [0.1, 0.15) is 0 Å². The molecule has 0 saturated heterocycles. The average Bonchev–Trinajstić information content (AvgIpc) is 2.06. The molecule has 4 nitrogen and oxygen atoms in total. The smallest absolute Gasteiger partial charge is 0.164 e. The lowest BCUT2D eigenvalue weighted by atomic mass is 10.3. The van der Waals surface area contributed by atoms with Crippen molar-refractivity contribution in [3.8, 4) is 0 Å². The molecule has 0 fully saturated rings. The Balaban J connectivity index is 2.74. The van der Waals surface area contributed by atoms with E-state index < -0.39 is 0 Å². The van der Waals surface area contributed by atoms with Gasteiger partial charge < -0.3 is 5.73 Å². The molecule has 1 aromatic heterocycles. The van der Waals surface area contributed by atoms with Gasteiger partial charge in [0.05, 0.1) is 18.4 Å². The fraction of sp³-hybridized carbons (Fsp3) is 0.571. The molecule has 0 saturated carbocycles. The van der Waals surface area contributed by atoms with E-state index in [1.807, 2.05) is 0 Å². The van der Waals surface area contributed by atoms with Gasteiger partial charge in [-0.25, -0.2) is 4.98 Å². The predicted molar refractivity (Wildman–Crippen MR) is 41.7 cm³/mol. The lowest BCUT2D eigenvalue weighted by Gasteiger charge is -1.97. The van der Waals surface area contributed by atoms with Crippen LogP contribution in [0.4, 0.5) is 0 Å². The third kappa shape index (κ3) is 2.23. The zero-order valence-electron chi connectivity index (χ0n) is 6.62. The van der Waals surface area contributed by atoms with Crippen LogP contribution in [0, 0.1) is 0 Å². The maximum absolute atomic E-state index is 5.35. The van der Waals surface area contributed by atoms with E-state index in [9.17, 15) is 0 Å². The first-order valence-corrected chi connectivity index (χ1v) is 3.74. The molecule has 4 heteroatoms. The van der Waals surface area contributed by atoms with Crippen LogP contribution >= 0.6 is 0 Å². The fourth-order valence-electron chi connectivity index (χ4n) is 0.842. The highest BCUT2D eigenvalue weighted by Gasteiger charge is 1.96. The largest absolute Gasteiger partial charge is 0.324 e. The zero-order valence-corrected chi connectivity index (χ0v) is 6.62. The van der Waals surface area contributed by atoms with Crippen LogP contribution < -0.4 is 5.73 Å². The molecule has 60 valence electrons. The van der Waals surface area contributed by atoms with E-state index in [-0.39, 0.29) is 0 Å². The molecule has 0 aliphatic carbocycles. The van der Waals surface area contributed by atoms with Crippen LogP contribution in [0.2, 0.25) is 0 Å². The molecule has 0 aliphatic rings. The lowest BCUT2D eigenvalue weighted by molar-refractivity contribution is 0.772. The highest BCUT2D eigenvalue weighted by atomic mass is 15.1. The molecule has 0 aliphatic heterocycles. The van der Waals surface area contributed by atoms with Crippen molar-refractivity contribution in [3.63, 3.8) is 0 Å². The summed E-state index contributed by atoms with van der Waals surface area (Å²) in [5, 5.41) is 7.54. The van der Waals surface area contributed by atoms with E-state index in [0.717, 1.165) is 18.5 Å². The maximum Gasteiger partial charge on any atom is 0.164 e. The number of aromatic nitrogens is 3. The van der Waals surface area contributed by atoms with Crippen LogP contribution in [0.25, 0.3) is 0 Å². The maximum atomic E-state index is 5.35. The standard InChI is InChI=1S/C7H12N4/c1-2-3-6-5-9-11-7(4-8)10-6/h5H,2-4,8H2,1H3. The van der Waals surface area contributed by atoms with E-state index >= 15 is 0 Å². The van der Waals surface area contributed by atoms with Crippen molar-refractivity contribution in [1.82, 2.24) is 15.2 Å². The van der Waals surface area contributed by atoms with Gasteiger partial charge in [-0.2, -0.15) is 5.10 Å². The van der Waals surface area contributed by atoms with E-state index in [1.165, 1.54) is 0 Å². The Morgan fingerprint density at radius 2 is 2.36 bits per heavy atom. The Bertz CT molecular complexity index is 223. The summed E-state index contributed by atoms with van der Waals surface area (Å²) in [5.74, 6) is 0.621. The van der Waals surface area contributed by atoms with Crippen molar-refractivity contribution >= 4 is 0 Å². The minimum Gasteiger partial charge on any atom is -0.324 e. The molecular formula is C7H12N4. The highest BCUT2D eigenvalue weighted by molar-refractivity contribution is 4.95. The van der Waals surface area contributed by atoms with Crippen molar-refractivity contribution in [3.05, 3.63) is 17.7 Å². The first-order valence-electron chi connectivity index (χ1n) is 3.74. The summed E-state index contributed by atoms with van der Waals surface area (Å²) >= 11 is 0.